The van der Waals surface area contributed by atoms with Crippen LogP contribution in [0.1, 0.15) is 11.3 Å². The van der Waals surface area contributed by atoms with Crippen molar-refractivity contribution in [2.45, 2.75) is 6.92 Å². The van der Waals surface area contributed by atoms with Gasteiger partial charge < -0.3 is 9.47 Å². The Morgan fingerprint density at radius 1 is 1.29 bits per heavy atom. The van der Waals surface area contributed by atoms with E-state index >= 15 is 0 Å². The molecule has 0 fully saturated rings. The van der Waals surface area contributed by atoms with Gasteiger partial charge in [-0.3, -0.25) is 9.78 Å². The average Bonchev–Trinajstić information content (AvgIpc) is 2.50. The molecule has 2 aromatic rings. The van der Waals surface area contributed by atoms with Gasteiger partial charge in [-0.15, -0.1) is 10.2 Å². The molecule has 0 aliphatic heterocycles. The fraction of sp³-hybridized carbons (Fsp3) is 0.231. The van der Waals surface area contributed by atoms with Crippen molar-refractivity contribution in [3.8, 4) is 11.5 Å². The first-order chi connectivity index (χ1) is 10.1. The van der Waals surface area contributed by atoms with E-state index in [9.17, 15) is 4.79 Å². The lowest BCUT2D eigenvalue weighted by Crippen LogP contribution is -2.15. The van der Waals surface area contributed by atoms with Crippen LogP contribution in [0.15, 0.2) is 28.1 Å². The molecule has 2 rings (SSSR count). The Balaban J connectivity index is 2.17. The molecule has 0 saturated heterocycles. The summed E-state index contributed by atoms with van der Waals surface area (Å²) in [4.78, 5) is 13.9. The van der Waals surface area contributed by atoms with Gasteiger partial charge in [-0.25, -0.2) is 5.43 Å². The summed E-state index contributed by atoms with van der Waals surface area (Å²) >= 11 is 0. The topological polar surface area (TPSA) is 101 Å². The van der Waals surface area contributed by atoms with Crippen molar-refractivity contribution < 1.29 is 9.47 Å². The van der Waals surface area contributed by atoms with Gasteiger partial charge in [-0.05, 0) is 25.1 Å². The second kappa shape index (κ2) is 6.51. The predicted molar refractivity (Wildman–Crippen MR) is 78.2 cm³/mol. The Kier molecular flexibility index (Phi) is 4.50. The number of ether oxygens (including phenoxy) is 2. The van der Waals surface area contributed by atoms with Crippen molar-refractivity contribution >= 4 is 12.2 Å². The normalized spacial score (nSPS) is 10.6. The summed E-state index contributed by atoms with van der Waals surface area (Å²) in [5.74, 6) is 1.48. The lowest BCUT2D eigenvalue weighted by Gasteiger charge is -2.06. The van der Waals surface area contributed by atoms with Crippen LogP contribution in [0.5, 0.6) is 11.5 Å². The molecule has 0 spiro atoms. The first kappa shape index (κ1) is 14.5. The minimum atomic E-state index is -0.318. The molecule has 0 amide bonds. The number of hydrogen-bond acceptors (Lipinski definition) is 7. The van der Waals surface area contributed by atoms with Crippen LogP contribution in [0.3, 0.4) is 0 Å². The third-order valence-corrected chi connectivity index (χ3v) is 2.67. The van der Waals surface area contributed by atoms with Crippen LogP contribution in [0.2, 0.25) is 0 Å². The van der Waals surface area contributed by atoms with Crippen LogP contribution >= 0.6 is 0 Å². The fourth-order valence-electron chi connectivity index (χ4n) is 1.55. The van der Waals surface area contributed by atoms with Crippen LogP contribution in [-0.2, 0) is 0 Å². The summed E-state index contributed by atoms with van der Waals surface area (Å²) in [6, 6.07) is 5.33. The van der Waals surface area contributed by atoms with Gasteiger partial charge in [0.1, 0.15) is 17.2 Å². The molecule has 0 aliphatic rings. The molecule has 1 heterocycles. The van der Waals surface area contributed by atoms with E-state index in [1.54, 1.807) is 39.3 Å². The highest BCUT2D eigenvalue weighted by atomic mass is 16.5. The number of H-pyrrole nitrogens is 1. The van der Waals surface area contributed by atoms with E-state index in [-0.39, 0.29) is 11.5 Å². The number of nitrogens with one attached hydrogen (secondary N) is 2. The number of methoxy groups -OCH3 is 2. The van der Waals surface area contributed by atoms with E-state index in [4.69, 9.17) is 9.47 Å². The Morgan fingerprint density at radius 3 is 2.76 bits per heavy atom. The van der Waals surface area contributed by atoms with Gasteiger partial charge in [0, 0.05) is 5.56 Å². The van der Waals surface area contributed by atoms with Gasteiger partial charge >= 0.3 is 0 Å². The molecule has 0 saturated carbocycles. The summed E-state index contributed by atoms with van der Waals surface area (Å²) in [5.41, 5.74) is 3.28. The molecule has 1 aromatic carbocycles. The monoisotopic (exact) mass is 289 g/mol. The van der Waals surface area contributed by atoms with Gasteiger partial charge in [0.2, 0.25) is 5.95 Å². The first-order valence-electron chi connectivity index (χ1n) is 6.08. The number of nitrogens with zero attached hydrogens (tertiary/aromatic N) is 3. The molecule has 0 bridgehead atoms. The lowest BCUT2D eigenvalue weighted by molar-refractivity contribution is 0.402. The quantitative estimate of drug-likeness (QED) is 0.627. The Morgan fingerprint density at radius 2 is 2.10 bits per heavy atom. The van der Waals surface area contributed by atoms with Crippen molar-refractivity contribution in [3.63, 3.8) is 0 Å². The summed E-state index contributed by atoms with van der Waals surface area (Å²) in [6.07, 6.45) is 1.53. The number of aromatic nitrogens is 3. The van der Waals surface area contributed by atoms with Crippen molar-refractivity contribution in [2.75, 3.05) is 19.6 Å². The van der Waals surface area contributed by atoms with Gasteiger partial charge in [-0.1, -0.05) is 0 Å². The van der Waals surface area contributed by atoms with E-state index in [0.29, 0.717) is 22.8 Å². The van der Waals surface area contributed by atoms with Crippen molar-refractivity contribution in [1.82, 2.24) is 15.2 Å². The minimum absolute atomic E-state index is 0.156. The third kappa shape index (κ3) is 3.56. The summed E-state index contributed by atoms with van der Waals surface area (Å²) in [7, 11) is 3.14. The van der Waals surface area contributed by atoms with Crippen LogP contribution in [-0.4, -0.2) is 35.6 Å². The van der Waals surface area contributed by atoms with Crippen molar-refractivity contribution in [1.29, 1.82) is 0 Å². The molecular formula is C13H15N5O3. The highest BCUT2D eigenvalue weighted by Gasteiger charge is 2.03. The van der Waals surface area contributed by atoms with E-state index < -0.39 is 0 Å². The van der Waals surface area contributed by atoms with Gasteiger partial charge in [-0.2, -0.15) is 5.10 Å². The standard InChI is InChI=1S/C13H15N5O3/c1-8-12(19)15-13(18-16-8)17-14-7-9-6-10(20-2)4-5-11(9)21-3/h4-7H,1-3H3,(H2,15,17,18,19)/b14-7-. The highest BCUT2D eigenvalue weighted by Crippen LogP contribution is 2.22. The molecule has 0 aliphatic carbocycles. The SMILES string of the molecule is COc1ccc(OC)c(/C=N\Nc2nnc(C)c(=O)[nH]2)c1. The molecule has 8 heteroatoms. The molecule has 2 N–H and O–H groups in total. The molecule has 21 heavy (non-hydrogen) atoms. The lowest BCUT2D eigenvalue weighted by atomic mass is 10.2. The predicted octanol–water partition coefficient (Wildman–Crippen LogP) is 0.937. The maximum atomic E-state index is 11.4. The second-order valence-electron chi connectivity index (χ2n) is 4.07. The van der Waals surface area contributed by atoms with Crippen LogP contribution in [0.4, 0.5) is 5.95 Å². The molecule has 110 valence electrons. The Bertz CT molecular complexity index is 711. The number of rotatable bonds is 5. The van der Waals surface area contributed by atoms with Gasteiger partial charge in [0.15, 0.2) is 0 Å². The highest BCUT2D eigenvalue weighted by molar-refractivity contribution is 5.84. The Hall–Kier alpha value is -2.90. The largest absolute Gasteiger partial charge is 0.497 e. The zero-order valence-electron chi connectivity index (χ0n) is 11.9. The van der Waals surface area contributed by atoms with Gasteiger partial charge in [0.25, 0.3) is 5.56 Å². The first-order valence-corrected chi connectivity index (χ1v) is 6.08. The van der Waals surface area contributed by atoms with Crippen molar-refractivity contribution in [2.24, 2.45) is 5.10 Å². The Labute approximate surface area is 120 Å². The van der Waals surface area contributed by atoms with Crippen molar-refractivity contribution in [3.05, 3.63) is 39.8 Å². The summed E-state index contributed by atoms with van der Waals surface area (Å²) < 4.78 is 10.4. The van der Waals surface area contributed by atoms with Crippen LogP contribution in [0, 0.1) is 6.92 Å². The number of hydrazone groups is 1. The van der Waals surface area contributed by atoms with Gasteiger partial charge in [0.05, 0.1) is 20.4 Å². The van der Waals surface area contributed by atoms with E-state index in [2.05, 4.69) is 25.7 Å². The number of aromatic amines is 1. The molecule has 0 unspecified atom stereocenters. The smallest absolute Gasteiger partial charge is 0.274 e. The second-order valence-corrected chi connectivity index (χ2v) is 4.07. The minimum Gasteiger partial charge on any atom is -0.497 e. The molecule has 0 atom stereocenters. The molecule has 1 aromatic heterocycles. The average molecular weight is 289 g/mol. The third-order valence-electron chi connectivity index (χ3n) is 2.67. The van der Waals surface area contributed by atoms with E-state index in [0.717, 1.165) is 0 Å². The maximum Gasteiger partial charge on any atom is 0.274 e. The molecule has 8 nitrogen and oxygen atoms in total. The zero-order valence-corrected chi connectivity index (χ0v) is 11.9. The number of benzene rings is 1. The maximum absolute atomic E-state index is 11.4. The molecular weight excluding hydrogens is 274 g/mol. The van der Waals surface area contributed by atoms with E-state index in [1.807, 2.05) is 0 Å². The van der Waals surface area contributed by atoms with E-state index in [1.165, 1.54) is 6.21 Å². The summed E-state index contributed by atoms with van der Waals surface area (Å²) in [6.45, 7) is 1.57. The van der Waals surface area contributed by atoms with Crippen LogP contribution in [0.25, 0.3) is 0 Å². The number of anilines is 1. The number of aryl methyl sites for hydroxylation is 1. The van der Waals surface area contributed by atoms with Crippen LogP contribution < -0.4 is 20.5 Å². The number of hydrogen-bond donors (Lipinski definition) is 2. The molecule has 0 radical (unpaired) electrons. The summed E-state index contributed by atoms with van der Waals surface area (Å²) in [5, 5.41) is 11.4. The fourth-order valence-corrected chi connectivity index (χ4v) is 1.55. The zero-order chi connectivity index (χ0) is 15.2.